The van der Waals surface area contributed by atoms with Crippen molar-refractivity contribution in [2.75, 3.05) is 20.1 Å². The van der Waals surface area contributed by atoms with Crippen LogP contribution in [-0.2, 0) is 4.79 Å². The van der Waals surface area contributed by atoms with Gasteiger partial charge in [-0.05, 0) is 6.92 Å². The number of allylic oxidation sites excluding steroid dienone is 1. The Morgan fingerprint density at radius 2 is 2.50 bits per heavy atom. The summed E-state index contributed by atoms with van der Waals surface area (Å²) in [5.74, 6) is 1.03. The van der Waals surface area contributed by atoms with Gasteiger partial charge in [-0.1, -0.05) is 0 Å². The second-order valence-electron chi connectivity index (χ2n) is 2.49. The molecule has 0 aliphatic carbocycles. The first-order valence-corrected chi connectivity index (χ1v) is 3.37. The highest BCUT2D eigenvalue weighted by Crippen LogP contribution is 2.02. The molecule has 1 rings (SSSR count). The molecule has 0 spiro atoms. The maximum Gasteiger partial charge on any atom is 0.156 e. The fraction of sp³-hybridized carbons (Fsp3) is 0.571. The third kappa shape index (κ3) is 1.50. The van der Waals surface area contributed by atoms with Gasteiger partial charge in [0.15, 0.2) is 5.78 Å². The van der Waals surface area contributed by atoms with E-state index in [4.69, 9.17) is 0 Å². The second kappa shape index (κ2) is 2.73. The third-order valence-corrected chi connectivity index (χ3v) is 1.50. The fourth-order valence-electron chi connectivity index (χ4n) is 0.961. The minimum Gasteiger partial charge on any atom is -0.370 e. The van der Waals surface area contributed by atoms with Gasteiger partial charge in [-0.15, -0.1) is 0 Å². The van der Waals surface area contributed by atoms with E-state index in [9.17, 15) is 4.79 Å². The van der Waals surface area contributed by atoms with Crippen LogP contribution < -0.4 is 5.32 Å². The van der Waals surface area contributed by atoms with E-state index in [0.29, 0.717) is 0 Å². The summed E-state index contributed by atoms with van der Waals surface area (Å²) in [5.41, 5.74) is 0. The maximum absolute atomic E-state index is 10.6. The first-order chi connectivity index (χ1) is 4.70. The first kappa shape index (κ1) is 7.12. The minimum atomic E-state index is 0.0938. The van der Waals surface area contributed by atoms with Gasteiger partial charge in [0, 0.05) is 26.2 Å². The van der Waals surface area contributed by atoms with E-state index < -0.39 is 0 Å². The molecule has 1 aliphatic heterocycles. The zero-order valence-corrected chi connectivity index (χ0v) is 6.35. The highest BCUT2D eigenvalue weighted by Gasteiger charge is 2.10. The lowest BCUT2D eigenvalue weighted by atomic mass is 10.4. The molecule has 0 aromatic carbocycles. The van der Waals surface area contributed by atoms with E-state index in [-0.39, 0.29) is 5.78 Å². The van der Waals surface area contributed by atoms with Crippen LogP contribution >= 0.6 is 0 Å². The first-order valence-electron chi connectivity index (χ1n) is 3.37. The molecule has 0 atom stereocenters. The highest BCUT2D eigenvalue weighted by molar-refractivity contribution is 5.87. The van der Waals surface area contributed by atoms with Crippen molar-refractivity contribution >= 4 is 5.78 Å². The van der Waals surface area contributed by atoms with E-state index in [2.05, 4.69) is 5.32 Å². The minimum absolute atomic E-state index is 0.0938. The number of ketones is 1. The molecule has 0 saturated carbocycles. The van der Waals surface area contributed by atoms with Crippen LogP contribution in [0.15, 0.2) is 11.9 Å². The molecule has 1 saturated heterocycles. The van der Waals surface area contributed by atoms with Gasteiger partial charge in [-0.25, -0.2) is 0 Å². The van der Waals surface area contributed by atoms with Gasteiger partial charge in [0.2, 0.25) is 0 Å². The quantitative estimate of drug-likeness (QED) is 0.518. The molecule has 3 heteroatoms. The Kier molecular flexibility index (Phi) is 1.94. The van der Waals surface area contributed by atoms with Gasteiger partial charge in [-0.2, -0.15) is 0 Å². The zero-order valence-electron chi connectivity index (χ0n) is 6.35. The summed E-state index contributed by atoms with van der Waals surface area (Å²) in [4.78, 5) is 12.6. The summed E-state index contributed by atoms with van der Waals surface area (Å²) in [6.07, 6.45) is 1.62. The van der Waals surface area contributed by atoms with E-state index >= 15 is 0 Å². The van der Waals surface area contributed by atoms with Gasteiger partial charge < -0.3 is 10.2 Å². The Bertz CT molecular complexity index is 174. The standard InChI is InChI=1S/C7H12N2O/c1-6(10)5-7-8-3-4-9(7)2/h5,8H,3-4H2,1-2H3. The molecule has 0 aromatic rings. The molecule has 10 heavy (non-hydrogen) atoms. The monoisotopic (exact) mass is 140 g/mol. The Morgan fingerprint density at radius 1 is 1.80 bits per heavy atom. The summed E-state index contributed by atoms with van der Waals surface area (Å²) in [5, 5.41) is 3.10. The Labute approximate surface area is 60.7 Å². The van der Waals surface area contributed by atoms with Crippen molar-refractivity contribution < 1.29 is 4.79 Å². The molecule has 0 amide bonds. The van der Waals surface area contributed by atoms with Gasteiger partial charge in [0.1, 0.15) is 5.82 Å². The zero-order chi connectivity index (χ0) is 7.56. The number of nitrogens with zero attached hydrogens (tertiary/aromatic N) is 1. The van der Waals surface area contributed by atoms with Crippen molar-refractivity contribution in [2.45, 2.75) is 6.92 Å². The molecule has 0 unspecified atom stereocenters. The second-order valence-corrected chi connectivity index (χ2v) is 2.49. The molecule has 0 aromatic heterocycles. The Balaban J connectivity index is 2.62. The smallest absolute Gasteiger partial charge is 0.156 e. The summed E-state index contributed by atoms with van der Waals surface area (Å²) < 4.78 is 0. The maximum atomic E-state index is 10.6. The molecule has 1 heterocycles. The van der Waals surface area contributed by atoms with Crippen LogP contribution in [0.25, 0.3) is 0 Å². The van der Waals surface area contributed by atoms with Crippen LogP contribution in [0.2, 0.25) is 0 Å². The number of rotatable bonds is 1. The SMILES string of the molecule is CC(=O)C=C1NCCN1C. The molecule has 0 bridgehead atoms. The topological polar surface area (TPSA) is 32.3 Å². The van der Waals surface area contributed by atoms with Crippen molar-refractivity contribution in [3.05, 3.63) is 11.9 Å². The van der Waals surface area contributed by atoms with Crippen LogP contribution in [0.5, 0.6) is 0 Å². The average molecular weight is 140 g/mol. The number of hydrogen-bond donors (Lipinski definition) is 1. The normalized spacial score (nSPS) is 21.4. The van der Waals surface area contributed by atoms with E-state index in [1.54, 1.807) is 13.0 Å². The lowest BCUT2D eigenvalue weighted by molar-refractivity contribution is -0.112. The summed E-state index contributed by atoms with van der Waals surface area (Å²) in [7, 11) is 1.97. The van der Waals surface area contributed by atoms with E-state index in [0.717, 1.165) is 18.9 Å². The van der Waals surface area contributed by atoms with E-state index in [1.807, 2.05) is 11.9 Å². The lowest BCUT2D eigenvalue weighted by Gasteiger charge is -2.09. The summed E-state index contributed by atoms with van der Waals surface area (Å²) >= 11 is 0. The number of likely N-dealkylation sites (N-methyl/N-ethyl adjacent to an activating group) is 1. The highest BCUT2D eigenvalue weighted by atomic mass is 16.1. The predicted molar refractivity (Wildman–Crippen MR) is 39.4 cm³/mol. The lowest BCUT2D eigenvalue weighted by Crippen LogP contribution is -2.14. The van der Waals surface area contributed by atoms with Crippen LogP contribution in [0.3, 0.4) is 0 Å². The molecular formula is C7H12N2O. The van der Waals surface area contributed by atoms with E-state index in [1.165, 1.54) is 0 Å². The van der Waals surface area contributed by atoms with Crippen LogP contribution in [0.1, 0.15) is 6.92 Å². The molecule has 0 radical (unpaired) electrons. The van der Waals surface area contributed by atoms with Crippen LogP contribution in [-0.4, -0.2) is 30.8 Å². The molecule has 1 fully saturated rings. The number of carbonyl (C=O) groups is 1. The van der Waals surface area contributed by atoms with Crippen molar-refractivity contribution in [1.82, 2.24) is 10.2 Å². The molecule has 3 nitrogen and oxygen atoms in total. The van der Waals surface area contributed by atoms with Crippen molar-refractivity contribution in [3.8, 4) is 0 Å². The number of carbonyl (C=O) groups excluding carboxylic acids is 1. The molecule has 1 N–H and O–H groups in total. The van der Waals surface area contributed by atoms with Gasteiger partial charge in [-0.3, -0.25) is 4.79 Å². The van der Waals surface area contributed by atoms with Crippen LogP contribution in [0, 0.1) is 0 Å². The van der Waals surface area contributed by atoms with Crippen molar-refractivity contribution in [3.63, 3.8) is 0 Å². The predicted octanol–water partition coefficient (Wildman–Crippen LogP) is -0.0482. The van der Waals surface area contributed by atoms with Crippen molar-refractivity contribution in [1.29, 1.82) is 0 Å². The molecule has 56 valence electrons. The average Bonchev–Trinajstić information content (AvgIpc) is 2.15. The molecule has 1 aliphatic rings. The Hall–Kier alpha value is -0.990. The third-order valence-electron chi connectivity index (χ3n) is 1.50. The van der Waals surface area contributed by atoms with Crippen LogP contribution in [0.4, 0.5) is 0 Å². The van der Waals surface area contributed by atoms with Gasteiger partial charge in [0.05, 0.1) is 0 Å². The summed E-state index contributed by atoms with van der Waals surface area (Å²) in [6, 6.07) is 0. The largest absolute Gasteiger partial charge is 0.370 e. The number of hydrogen-bond acceptors (Lipinski definition) is 3. The van der Waals surface area contributed by atoms with Gasteiger partial charge >= 0.3 is 0 Å². The Morgan fingerprint density at radius 3 is 2.90 bits per heavy atom. The summed E-state index contributed by atoms with van der Waals surface area (Å²) in [6.45, 7) is 3.48. The number of nitrogens with one attached hydrogen (secondary N) is 1. The molecular weight excluding hydrogens is 128 g/mol. The fourth-order valence-corrected chi connectivity index (χ4v) is 0.961. The van der Waals surface area contributed by atoms with Gasteiger partial charge in [0.25, 0.3) is 0 Å². The van der Waals surface area contributed by atoms with Crippen molar-refractivity contribution in [2.24, 2.45) is 0 Å².